The SMILES string of the molecule is COCc1ccc(C(=O)Nc2ccc(Sc3nc(C)cc(C)n3)cc2)o1. The first-order valence-electron chi connectivity index (χ1n) is 8.02. The van der Waals surface area contributed by atoms with Crippen molar-refractivity contribution in [2.24, 2.45) is 0 Å². The van der Waals surface area contributed by atoms with Crippen LogP contribution in [0.1, 0.15) is 27.7 Å². The average Bonchev–Trinajstić information content (AvgIpc) is 3.05. The second-order valence-electron chi connectivity index (χ2n) is 5.71. The van der Waals surface area contributed by atoms with Crippen LogP contribution in [0.2, 0.25) is 0 Å². The summed E-state index contributed by atoms with van der Waals surface area (Å²) in [6.07, 6.45) is 0. The van der Waals surface area contributed by atoms with Gasteiger partial charge in [0.2, 0.25) is 0 Å². The van der Waals surface area contributed by atoms with E-state index < -0.39 is 0 Å². The van der Waals surface area contributed by atoms with E-state index in [1.807, 2.05) is 44.2 Å². The molecule has 0 saturated carbocycles. The molecule has 3 aromatic rings. The van der Waals surface area contributed by atoms with Gasteiger partial charge in [0.25, 0.3) is 5.91 Å². The molecule has 2 heterocycles. The molecule has 0 bridgehead atoms. The van der Waals surface area contributed by atoms with Crippen LogP contribution in [0, 0.1) is 13.8 Å². The van der Waals surface area contributed by atoms with Crippen molar-refractivity contribution in [2.75, 3.05) is 12.4 Å². The van der Waals surface area contributed by atoms with Gasteiger partial charge in [0.15, 0.2) is 10.9 Å². The Morgan fingerprint density at radius 3 is 2.46 bits per heavy atom. The highest BCUT2D eigenvalue weighted by atomic mass is 32.2. The Morgan fingerprint density at radius 2 is 1.81 bits per heavy atom. The average molecular weight is 369 g/mol. The van der Waals surface area contributed by atoms with Crippen molar-refractivity contribution >= 4 is 23.4 Å². The van der Waals surface area contributed by atoms with Crippen LogP contribution in [0.25, 0.3) is 0 Å². The van der Waals surface area contributed by atoms with E-state index in [4.69, 9.17) is 9.15 Å². The van der Waals surface area contributed by atoms with Crippen molar-refractivity contribution in [1.29, 1.82) is 0 Å². The van der Waals surface area contributed by atoms with Crippen LogP contribution in [0.3, 0.4) is 0 Å². The van der Waals surface area contributed by atoms with Crippen LogP contribution in [-0.2, 0) is 11.3 Å². The van der Waals surface area contributed by atoms with E-state index in [0.29, 0.717) is 23.2 Å². The number of amides is 1. The van der Waals surface area contributed by atoms with Crippen molar-refractivity contribution in [3.63, 3.8) is 0 Å². The van der Waals surface area contributed by atoms with Gasteiger partial charge in [-0.25, -0.2) is 9.97 Å². The summed E-state index contributed by atoms with van der Waals surface area (Å²) in [4.78, 5) is 22.0. The van der Waals surface area contributed by atoms with E-state index in [9.17, 15) is 4.79 Å². The largest absolute Gasteiger partial charge is 0.453 e. The molecule has 1 aromatic carbocycles. The number of nitrogens with one attached hydrogen (secondary N) is 1. The molecule has 0 aliphatic carbocycles. The molecule has 0 saturated heterocycles. The van der Waals surface area contributed by atoms with Gasteiger partial charge in [0, 0.05) is 29.1 Å². The lowest BCUT2D eigenvalue weighted by Gasteiger charge is -2.06. The molecular weight excluding hydrogens is 350 g/mol. The lowest BCUT2D eigenvalue weighted by Crippen LogP contribution is -2.10. The van der Waals surface area contributed by atoms with Gasteiger partial charge in [0.05, 0.1) is 0 Å². The minimum absolute atomic E-state index is 0.249. The predicted molar refractivity (Wildman–Crippen MR) is 99.4 cm³/mol. The van der Waals surface area contributed by atoms with E-state index in [1.54, 1.807) is 19.2 Å². The van der Waals surface area contributed by atoms with Gasteiger partial charge in [-0.15, -0.1) is 0 Å². The normalized spacial score (nSPS) is 10.7. The molecule has 134 valence electrons. The Labute approximate surface area is 156 Å². The summed E-state index contributed by atoms with van der Waals surface area (Å²) in [6, 6.07) is 12.8. The number of ether oxygens (including phenoxy) is 1. The van der Waals surface area contributed by atoms with Crippen LogP contribution in [0.5, 0.6) is 0 Å². The Balaban J connectivity index is 1.64. The molecule has 2 aromatic heterocycles. The van der Waals surface area contributed by atoms with E-state index in [1.165, 1.54) is 11.8 Å². The third-order valence-electron chi connectivity index (χ3n) is 3.46. The third-order valence-corrected chi connectivity index (χ3v) is 4.33. The quantitative estimate of drug-likeness (QED) is 0.655. The van der Waals surface area contributed by atoms with Gasteiger partial charge in [-0.05, 0) is 68.1 Å². The number of benzene rings is 1. The molecule has 3 rings (SSSR count). The molecule has 26 heavy (non-hydrogen) atoms. The zero-order valence-corrected chi connectivity index (χ0v) is 15.6. The van der Waals surface area contributed by atoms with Crippen LogP contribution in [-0.4, -0.2) is 23.0 Å². The third kappa shape index (κ3) is 4.71. The van der Waals surface area contributed by atoms with Gasteiger partial charge in [-0.3, -0.25) is 4.79 Å². The molecule has 0 spiro atoms. The molecular formula is C19H19N3O3S. The first kappa shape index (κ1) is 18.2. The molecule has 1 amide bonds. The molecule has 0 fully saturated rings. The number of nitrogens with zero attached hydrogens (tertiary/aromatic N) is 2. The second-order valence-corrected chi connectivity index (χ2v) is 6.75. The van der Waals surface area contributed by atoms with E-state index in [-0.39, 0.29) is 11.7 Å². The maximum Gasteiger partial charge on any atom is 0.291 e. The summed E-state index contributed by atoms with van der Waals surface area (Å²) in [6.45, 7) is 4.23. The minimum atomic E-state index is -0.301. The highest BCUT2D eigenvalue weighted by Gasteiger charge is 2.11. The number of anilines is 1. The maximum atomic E-state index is 12.2. The van der Waals surface area contributed by atoms with Gasteiger partial charge < -0.3 is 14.5 Å². The second kappa shape index (κ2) is 8.16. The molecule has 7 heteroatoms. The molecule has 0 radical (unpaired) electrons. The fourth-order valence-corrected chi connectivity index (χ4v) is 3.23. The van der Waals surface area contributed by atoms with Crippen molar-refractivity contribution in [3.05, 3.63) is 65.4 Å². The first-order valence-corrected chi connectivity index (χ1v) is 8.84. The van der Waals surface area contributed by atoms with Crippen LogP contribution < -0.4 is 5.32 Å². The predicted octanol–water partition coefficient (Wildman–Crippen LogP) is 4.24. The number of hydrogen-bond donors (Lipinski definition) is 1. The number of hydrogen-bond acceptors (Lipinski definition) is 6. The smallest absolute Gasteiger partial charge is 0.291 e. The molecule has 0 unspecified atom stereocenters. The van der Waals surface area contributed by atoms with Gasteiger partial charge >= 0.3 is 0 Å². The molecule has 0 atom stereocenters. The van der Waals surface area contributed by atoms with Crippen molar-refractivity contribution in [1.82, 2.24) is 9.97 Å². The number of methoxy groups -OCH3 is 1. The number of carbonyl (C=O) groups excluding carboxylic acids is 1. The fraction of sp³-hybridized carbons (Fsp3) is 0.211. The van der Waals surface area contributed by atoms with Gasteiger partial charge in [-0.2, -0.15) is 0 Å². The standard InChI is InChI=1S/C19H19N3O3S/c1-12-10-13(2)21-19(20-12)26-16-7-4-14(5-8-16)22-18(23)17-9-6-15(25-17)11-24-3/h4-10H,11H2,1-3H3,(H,22,23). The molecule has 1 N–H and O–H groups in total. The Morgan fingerprint density at radius 1 is 1.12 bits per heavy atom. The van der Waals surface area contributed by atoms with Gasteiger partial charge in [0.1, 0.15) is 12.4 Å². The summed E-state index contributed by atoms with van der Waals surface area (Å²) in [5.74, 6) is 0.558. The number of furan rings is 1. The minimum Gasteiger partial charge on any atom is -0.453 e. The highest BCUT2D eigenvalue weighted by Crippen LogP contribution is 2.26. The topological polar surface area (TPSA) is 77.2 Å². The number of aromatic nitrogens is 2. The summed E-state index contributed by atoms with van der Waals surface area (Å²) >= 11 is 1.48. The Kier molecular flexibility index (Phi) is 5.70. The Hall–Kier alpha value is -2.64. The molecule has 0 aliphatic heterocycles. The number of aryl methyl sites for hydroxylation is 2. The zero-order valence-electron chi connectivity index (χ0n) is 14.8. The zero-order chi connectivity index (χ0) is 18.5. The van der Waals surface area contributed by atoms with E-state index >= 15 is 0 Å². The lowest BCUT2D eigenvalue weighted by atomic mass is 10.3. The van der Waals surface area contributed by atoms with Crippen molar-refractivity contribution in [3.8, 4) is 0 Å². The summed E-state index contributed by atoms with van der Waals surface area (Å²) in [7, 11) is 1.57. The molecule has 6 nitrogen and oxygen atoms in total. The number of rotatable bonds is 6. The Bertz CT molecular complexity index is 886. The van der Waals surface area contributed by atoms with Crippen LogP contribution in [0.4, 0.5) is 5.69 Å². The van der Waals surface area contributed by atoms with Gasteiger partial charge in [-0.1, -0.05) is 0 Å². The first-order chi connectivity index (χ1) is 12.5. The monoisotopic (exact) mass is 369 g/mol. The summed E-state index contributed by atoms with van der Waals surface area (Å²) < 4.78 is 10.4. The van der Waals surface area contributed by atoms with Crippen molar-refractivity contribution < 1.29 is 13.9 Å². The maximum absolute atomic E-state index is 12.2. The lowest BCUT2D eigenvalue weighted by molar-refractivity contribution is 0.0987. The van der Waals surface area contributed by atoms with Crippen LogP contribution >= 0.6 is 11.8 Å². The highest BCUT2D eigenvalue weighted by molar-refractivity contribution is 7.99. The summed E-state index contributed by atoms with van der Waals surface area (Å²) in [5.41, 5.74) is 2.57. The van der Waals surface area contributed by atoms with Crippen LogP contribution in [0.15, 0.2) is 56.9 Å². The summed E-state index contributed by atoms with van der Waals surface area (Å²) in [5, 5.41) is 3.52. The fourth-order valence-electron chi connectivity index (χ4n) is 2.36. The van der Waals surface area contributed by atoms with Crippen molar-refractivity contribution in [2.45, 2.75) is 30.5 Å². The van der Waals surface area contributed by atoms with E-state index in [2.05, 4.69) is 15.3 Å². The van der Waals surface area contributed by atoms with E-state index in [0.717, 1.165) is 16.3 Å². The number of carbonyl (C=O) groups is 1. The molecule has 0 aliphatic rings.